The molecule has 2 heteroatoms. The second-order valence-corrected chi connectivity index (χ2v) is 5.09. The molecule has 17 heavy (non-hydrogen) atoms. The lowest BCUT2D eigenvalue weighted by Gasteiger charge is -2.16. The molecule has 0 aliphatic heterocycles. The van der Waals surface area contributed by atoms with E-state index >= 15 is 0 Å². The van der Waals surface area contributed by atoms with Gasteiger partial charge in [0.25, 0.3) is 0 Å². The summed E-state index contributed by atoms with van der Waals surface area (Å²) in [6, 6.07) is 10.1. The van der Waals surface area contributed by atoms with E-state index in [-0.39, 0.29) is 5.25 Å². The maximum Gasteiger partial charge on any atom is 0.0877 e. The van der Waals surface area contributed by atoms with Crippen LogP contribution in [0.5, 0.6) is 0 Å². The number of allylic oxidation sites excluding steroid dienone is 1. The van der Waals surface area contributed by atoms with Crippen molar-refractivity contribution in [2.75, 3.05) is 0 Å². The van der Waals surface area contributed by atoms with E-state index in [2.05, 4.69) is 13.5 Å². The number of aliphatic hydroxyl groups is 1. The third kappa shape index (κ3) is 5.24. The number of unbranched alkanes of at least 4 members (excludes halogenated alkanes) is 1. The quantitative estimate of drug-likeness (QED) is 0.580. The molecule has 0 saturated carbocycles. The number of benzene rings is 1. The maximum absolute atomic E-state index is 10.0. The molecule has 0 fully saturated rings. The van der Waals surface area contributed by atoms with Crippen LogP contribution in [-0.2, 0) is 0 Å². The predicted molar refractivity (Wildman–Crippen MR) is 76.3 cm³/mol. The number of thioether (sulfide) groups is 1. The van der Waals surface area contributed by atoms with Crippen molar-refractivity contribution in [3.8, 4) is 0 Å². The van der Waals surface area contributed by atoms with E-state index in [0.717, 1.165) is 17.7 Å². The third-order valence-corrected chi connectivity index (χ3v) is 3.66. The summed E-state index contributed by atoms with van der Waals surface area (Å²) in [6.07, 6.45) is 7.35. The molecule has 1 rings (SSSR count). The second kappa shape index (κ2) is 8.15. The van der Waals surface area contributed by atoms with E-state index in [1.807, 2.05) is 42.5 Å². The van der Waals surface area contributed by atoms with Crippen molar-refractivity contribution in [2.24, 2.45) is 0 Å². The SMILES string of the molecule is C=C[C@H](Sc1ccccc1)[C@H](O)/C=C/CCC. The fraction of sp³-hybridized carbons (Fsp3) is 0.333. The van der Waals surface area contributed by atoms with Gasteiger partial charge in [-0.15, -0.1) is 18.3 Å². The minimum Gasteiger partial charge on any atom is -0.388 e. The highest BCUT2D eigenvalue weighted by Crippen LogP contribution is 2.26. The van der Waals surface area contributed by atoms with Gasteiger partial charge in [-0.1, -0.05) is 49.8 Å². The van der Waals surface area contributed by atoms with Crippen LogP contribution in [0.3, 0.4) is 0 Å². The molecule has 1 nitrogen and oxygen atoms in total. The first-order chi connectivity index (χ1) is 8.27. The molecule has 2 atom stereocenters. The molecular formula is C15H20OS. The van der Waals surface area contributed by atoms with E-state index in [9.17, 15) is 5.11 Å². The zero-order valence-electron chi connectivity index (χ0n) is 10.3. The minimum atomic E-state index is -0.468. The van der Waals surface area contributed by atoms with Crippen LogP contribution < -0.4 is 0 Å². The van der Waals surface area contributed by atoms with Gasteiger partial charge < -0.3 is 5.11 Å². The van der Waals surface area contributed by atoms with E-state index in [1.165, 1.54) is 0 Å². The van der Waals surface area contributed by atoms with E-state index < -0.39 is 6.10 Å². The van der Waals surface area contributed by atoms with Crippen LogP contribution in [0.2, 0.25) is 0 Å². The molecule has 1 N–H and O–H groups in total. The van der Waals surface area contributed by atoms with Gasteiger partial charge in [0.1, 0.15) is 0 Å². The van der Waals surface area contributed by atoms with Gasteiger partial charge in [-0.05, 0) is 18.6 Å². The van der Waals surface area contributed by atoms with Crippen LogP contribution in [0.1, 0.15) is 19.8 Å². The van der Waals surface area contributed by atoms with Crippen molar-refractivity contribution in [3.63, 3.8) is 0 Å². The minimum absolute atomic E-state index is 0.00510. The van der Waals surface area contributed by atoms with Crippen LogP contribution in [0.4, 0.5) is 0 Å². The fourth-order valence-corrected chi connectivity index (χ4v) is 2.38. The zero-order chi connectivity index (χ0) is 12.5. The first-order valence-electron chi connectivity index (χ1n) is 5.97. The fourth-order valence-electron chi connectivity index (χ4n) is 1.43. The molecule has 0 aliphatic rings. The highest BCUT2D eigenvalue weighted by atomic mass is 32.2. The molecule has 0 saturated heterocycles. The lowest BCUT2D eigenvalue weighted by atomic mass is 10.2. The summed E-state index contributed by atoms with van der Waals surface area (Å²) < 4.78 is 0. The van der Waals surface area contributed by atoms with Gasteiger partial charge in [-0.2, -0.15) is 0 Å². The smallest absolute Gasteiger partial charge is 0.0877 e. The van der Waals surface area contributed by atoms with Gasteiger partial charge in [0.05, 0.1) is 11.4 Å². The summed E-state index contributed by atoms with van der Waals surface area (Å²) in [4.78, 5) is 1.15. The Labute approximate surface area is 108 Å². The Bertz CT molecular complexity index is 345. The first-order valence-corrected chi connectivity index (χ1v) is 6.85. The van der Waals surface area contributed by atoms with Crippen LogP contribution >= 0.6 is 11.8 Å². The Morgan fingerprint density at radius 1 is 1.35 bits per heavy atom. The Hall–Kier alpha value is -0.990. The standard InChI is InChI=1S/C15H20OS/c1-3-5-7-12-14(16)15(4-2)17-13-10-8-6-9-11-13/h4,6-12,14-16H,2-3,5H2,1H3/b12-7+/t14-,15+/m1/s1. The van der Waals surface area contributed by atoms with Gasteiger partial charge in [-0.3, -0.25) is 0 Å². The predicted octanol–water partition coefficient (Wildman–Crippen LogP) is 4.05. The number of hydrogen-bond acceptors (Lipinski definition) is 2. The monoisotopic (exact) mass is 248 g/mol. The van der Waals surface area contributed by atoms with Crippen LogP contribution in [0.25, 0.3) is 0 Å². The van der Waals surface area contributed by atoms with E-state index in [1.54, 1.807) is 17.8 Å². The molecule has 0 heterocycles. The Morgan fingerprint density at radius 3 is 2.65 bits per heavy atom. The zero-order valence-corrected chi connectivity index (χ0v) is 11.1. The average Bonchev–Trinajstić information content (AvgIpc) is 2.37. The lowest BCUT2D eigenvalue weighted by Crippen LogP contribution is -2.17. The van der Waals surface area contributed by atoms with Crippen molar-refractivity contribution >= 4 is 11.8 Å². The number of aliphatic hydroxyl groups excluding tert-OH is 1. The largest absolute Gasteiger partial charge is 0.388 e. The molecule has 1 aromatic rings. The second-order valence-electron chi connectivity index (χ2n) is 3.84. The van der Waals surface area contributed by atoms with Crippen LogP contribution in [-0.4, -0.2) is 16.5 Å². The summed E-state index contributed by atoms with van der Waals surface area (Å²) in [5.74, 6) is 0. The maximum atomic E-state index is 10.0. The summed E-state index contributed by atoms with van der Waals surface area (Å²) in [6.45, 7) is 5.92. The topological polar surface area (TPSA) is 20.2 Å². The lowest BCUT2D eigenvalue weighted by molar-refractivity contribution is 0.231. The summed E-state index contributed by atoms with van der Waals surface area (Å²) >= 11 is 1.64. The molecule has 0 bridgehead atoms. The summed E-state index contributed by atoms with van der Waals surface area (Å²) in [5.41, 5.74) is 0. The molecule has 0 aromatic heterocycles. The molecule has 92 valence electrons. The molecule has 0 unspecified atom stereocenters. The molecule has 0 amide bonds. The Morgan fingerprint density at radius 2 is 2.06 bits per heavy atom. The van der Waals surface area contributed by atoms with Crippen LogP contribution in [0.15, 0.2) is 60.0 Å². The summed E-state index contributed by atoms with van der Waals surface area (Å²) in [7, 11) is 0. The number of hydrogen-bond donors (Lipinski definition) is 1. The van der Waals surface area contributed by atoms with Crippen molar-refractivity contribution in [1.29, 1.82) is 0 Å². The van der Waals surface area contributed by atoms with Crippen molar-refractivity contribution in [2.45, 2.75) is 36.0 Å². The molecular weight excluding hydrogens is 228 g/mol. The highest BCUT2D eigenvalue weighted by Gasteiger charge is 2.13. The Kier molecular flexibility index (Phi) is 6.75. The van der Waals surface area contributed by atoms with Crippen molar-refractivity contribution in [3.05, 3.63) is 55.1 Å². The van der Waals surface area contributed by atoms with Gasteiger partial charge >= 0.3 is 0 Å². The van der Waals surface area contributed by atoms with Crippen molar-refractivity contribution < 1.29 is 5.11 Å². The van der Waals surface area contributed by atoms with Crippen LogP contribution in [0, 0.1) is 0 Å². The average molecular weight is 248 g/mol. The highest BCUT2D eigenvalue weighted by molar-refractivity contribution is 8.00. The third-order valence-electron chi connectivity index (χ3n) is 2.37. The normalized spacial score (nSPS) is 14.7. The first kappa shape index (κ1) is 14.1. The van der Waals surface area contributed by atoms with Gasteiger partial charge in [0, 0.05) is 4.90 Å². The molecule has 1 aromatic carbocycles. The number of rotatable bonds is 7. The summed E-state index contributed by atoms with van der Waals surface area (Å²) in [5, 5.41) is 10.0. The molecule has 0 radical (unpaired) electrons. The van der Waals surface area contributed by atoms with Gasteiger partial charge in [0.2, 0.25) is 0 Å². The molecule has 0 spiro atoms. The van der Waals surface area contributed by atoms with Gasteiger partial charge in [0.15, 0.2) is 0 Å². The van der Waals surface area contributed by atoms with E-state index in [0.29, 0.717) is 0 Å². The van der Waals surface area contributed by atoms with E-state index in [4.69, 9.17) is 0 Å². The molecule has 0 aliphatic carbocycles. The van der Waals surface area contributed by atoms with Crippen molar-refractivity contribution in [1.82, 2.24) is 0 Å². The van der Waals surface area contributed by atoms with Gasteiger partial charge in [-0.25, -0.2) is 0 Å². The Balaban J connectivity index is 2.56.